The van der Waals surface area contributed by atoms with Crippen molar-refractivity contribution in [2.24, 2.45) is 5.92 Å². The van der Waals surface area contributed by atoms with Gasteiger partial charge in [0.05, 0.1) is 25.5 Å². The minimum atomic E-state index is -0.306. The summed E-state index contributed by atoms with van der Waals surface area (Å²) >= 11 is 0. The number of rotatable bonds is 5. The predicted octanol–water partition coefficient (Wildman–Crippen LogP) is 4.34. The number of imide groups is 1. The lowest BCUT2D eigenvalue weighted by molar-refractivity contribution is -0.120. The number of carbonyl (C=O) groups is 2. The first-order valence-corrected chi connectivity index (χ1v) is 11.0. The van der Waals surface area contributed by atoms with Crippen molar-refractivity contribution in [3.63, 3.8) is 0 Å². The smallest absolute Gasteiger partial charge is 0.282 e. The van der Waals surface area contributed by atoms with Crippen molar-refractivity contribution in [2.45, 2.75) is 33.6 Å². The van der Waals surface area contributed by atoms with E-state index in [1.165, 1.54) is 12.0 Å². The number of carbonyl (C=O) groups excluding carboxylic acids is 2. The molecule has 0 aromatic heterocycles. The van der Waals surface area contributed by atoms with Crippen molar-refractivity contribution >= 4 is 23.1 Å². The van der Waals surface area contributed by atoms with E-state index in [0.29, 0.717) is 34.4 Å². The second kappa shape index (κ2) is 8.69. The van der Waals surface area contributed by atoms with Crippen LogP contribution in [-0.4, -0.2) is 44.0 Å². The van der Waals surface area contributed by atoms with E-state index in [1.807, 2.05) is 32.0 Å². The van der Waals surface area contributed by atoms with Gasteiger partial charge in [0.1, 0.15) is 5.70 Å². The molecule has 0 spiro atoms. The van der Waals surface area contributed by atoms with Gasteiger partial charge in [0, 0.05) is 19.2 Å². The van der Waals surface area contributed by atoms with E-state index in [4.69, 9.17) is 9.47 Å². The molecular weight excluding hydrogens is 404 g/mol. The van der Waals surface area contributed by atoms with Gasteiger partial charge in [-0.3, -0.25) is 9.59 Å². The van der Waals surface area contributed by atoms with Crippen molar-refractivity contribution in [3.05, 3.63) is 58.8 Å². The third-order valence-electron chi connectivity index (χ3n) is 6.58. The van der Waals surface area contributed by atoms with Gasteiger partial charge >= 0.3 is 0 Å². The molecule has 6 heteroatoms. The molecule has 0 unspecified atom stereocenters. The Balaban J connectivity index is 1.82. The molecular formula is C26H30N2O4. The first kappa shape index (κ1) is 21.9. The molecule has 0 radical (unpaired) electrons. The molecule has 1 fully saturated rings. The van der Waals surface area contributed by atoms with Gasteiger partial charge < -0.3 is 14.4 Å². The SMILES string of the molecule is COc1ccc(N2C(=O)C(c3ccc(C)c(C)c3)=C(N3CCC(C)CC3)C2=O)cc1OC. The quantitative estimate of drug-likeness (QED) is 0.656. The second-order valence-electron chi connectivity index (χ2n) is 8.68. The zero-order valence-electron chi connectivity index (χ0n) is 19.4. The summed E-state index contributed by atoms with van der Waals surface area (Å²) in [6.07, 6.45) is 2.00. The number of anilines is 1. The van der Waals surface area contributed by atoms with Crippen LogP contribution in [0.3, 0.4) is 0 Å². The van der Waals surface area contributed by atoms with Crippen molar-refractivity contribution < 1.29 is 19.1 Å². The number of ether oxygens (including phenoxy) is 2. The van der Waals surface area contributed by atoms with E-state index in [9.17, 15) is 9.59 Å². The largest absolute Gasteiger partial charge is 0.493 e. The molecule has 2 aromatic carbocycles. The Bertz CT molecular complexity index is 1100. The molecule has 0 N–H and O–H groups in total. The van der Waals surface area contributed by atoms with Gasteiger partial charge in [-0.1, -0.05) is 25.1 Å². The molecule has 0 aliphatic carbocycles. The maximum atomic E-state index is 13.7. The normalized spacial score (nSPS) is 17.4. The molecule has 2 heterocycles. The van der Waals surface area contributed by atoms with Gasteiger partial charge in [-0.25, -0.2) is 4.90 Å². The highest BCUT2D eigenvalue weighted by Gasteiger charge is 2.43. The van der Waals surface area contributed by atoms with Crippen molar-refractivity contribution in [3.8, 4) is 11.5 Å². The Kier molecular flexibility index (Phi) is 5.96. The summed E-state index contributed by atoms with van der Waals surface area (Å²) in [6.45, 7) is 7.83. The minimum absolute atomic E-state index is 0.287. The number of benzene rings is 2. The standard InChI is InChI=1S/C26H30N2O4/c1-16-10-12-27(13-11-16)24-23(19-7-6-17(2)18(3)14-19)25(29)28(26(24)30)20-8-9-21(31-4)22(15-20)32-5/h6-9,14-16H,10-13H2,1-5H3. The number of hydrogen-bond acceptors (Lipinski definition) is 5. The molecule has 2 aliphatic rings. The highest BCUT2D eigenvalue weighted by Crippen LogP contribution is 2.39. The molecule has 0 bridgehead atoms. The Labute approximate surface area is 189 Å². The molecule has 0 atom stereocenters. The van der Waals surface area contributed by atoms with Gasteiger partial charge in [0.25, 0.3) is 11.8 Å². The molecule has 1 saturated heterocycles. The van der Waals surface area contributed by atoms with Crippen LogP contribution in [0.1, 0.15) is 36.5 Å². The summed E-state index contributed by atoms with van der Waals surface area (Å²) in [7, 11) is 3.09. The summed E-state index contributed by atoms with van der Waals surface area (Å²) in [6, 6.07) is 11.0. The topological polar surface area (TPSA) is 59.1 Å². The van der Waals surface area contributed by atoms with Crippen LogP contribution in [0.15, 0.2) is 42.1 Å². The number of nitrogens with zero attached hydrogens (tertiary/aromatic N) is 2. The average molecular weight is 435 g/mol. The lowest BCUT2D eigenvalue weighted by Crippen LogP contribution is -2.38. The summed E-state index contributed by atoms with van der Waals surface area (Å²) in [4.78, 5) is 30.8. The molecule has 2 aliphatic heterocycles. The number of likely N-dealkylation sites (tertiary alicyclic amines) is 1. The van der Waals surface area contributed by atoms with Crippen LogP contribution in [0.25, 0.3) is 5.57 Å². The van der Waals surface area contributed by atoms with Gasteiger partial charge in [-0.05, 0) is 61.4 Å². The highest BCUT2D eigenvalue weighted by atomic mass is 16.5. The lowest BCUT2D eigenvalue weighted by Gasteiger charge is -2.32. The fraction of sp³-hybridized carbons (Fsp3) is 0.385. The van der Waals surface area contributed by atoms with Crippen molar-refractivity contribution in [1.29, 1.82) is 0 Å². The molecule has 0 saturated carbocycles. The second-order valence-corrected chi connectivity index (χ2v) is 8.68. The molecule has 2 amide bonds. The van der Waals surface area contributed by atoms with E-state index < -0.39 is 0 Å². The maximum Gasteiger partial charge on any atom is 0.282 e. The fourth-order valence-electron chi connectivity index (χ4n) is 4.40. The number of methoxy groups -OCH3 is 2. The Morgan fingerprint density at radius 3 is 2.16 bits per heavy atom. The summed E-state index contributed by atoms with van der Waals surface area (Å²) in [5.74, 6) is 1.04. The summed E-state index contributed by atoms with van der Waals surface area (Å²) in [5.41, 5.74) is 4.47. The minimum Gasteiger partial charge on any atom is -0.493 e. The Hall–Kier alpha value is -3.28. The van der Waals surface area contributed by atoms with E-state index >= 15 is 0 Å². The molecule has 4 rings (SSSR count). The number of piperidine rings is 1. The molecule has 168 valence electrons. The van der Waals surface area contributed by atoms with Crippen LogP contribution in [0, 0.1) is 19.8 Å². The van der Waals surface area contributed by atoms with Gasteiger partial charge in [0.15, 0.2) is 11.5 Å². The Morgan fingerprint density at radius 2 is 1.53 bits per heavy atom. The first-order chi connectivity index (χ1) is 15.3. The zero-order chi connectivity index (χ0) is 23.0. The van der Waals surface area contributed by atoms with Crippen LogP contribution in [0.5, 0.6) is 11.5 Å². The van der Waals surface area contributed by atoms with E-state index in [2.05, 4.69) is 11.8 Å². The zero-order valence-corrected chi connectivity index (χ0v) is 19.4. The van der Waals surface area contributed by atoms with Crippen LogP contribution in [-0.2, 0) is 9.59 Å². The number of hydrogen-bond donors (Lipinski definition) is 0. The van der Waals surface area contributed by atoms with Crippen LogP contribution in [0.2, 0.25) is 0 Å². The highest BCUT2D eigenvalue weighted by molar-refractivity contribution is 6.45. The number of amides is 2. The maximum absolute atomic E-state index is 13.7. The average Bonchev–Trinajstić information content (AvgIpc) is 3.05. The van der Waals surface area contributed by atoms with Gasteiger partial charge in [0.2, 0.25) is 0 Å². The third-order valence-corrected chi connectivity index (χ3v) is 6.58. The fourth-order valence-corrected chi connectivity index (χ4v) is 4.40. The van der Waals surface area contributed by atoms with E-state index in [1.54, 1.807) is 25.3 Å². The Morgan fingerprint density at radius 1 is 0.844 bits per heavy atom. The van der Waals surface area contributed by atoms with Crippen LogP contribution < -0.4 is 14.4 Å². The first-order valence-electron chi connectivity index (χ1n) is 11.0. The lowest BCUT2D eigenvalue weighted by atomic mass is 9.96. The number of aryl methyl sites for hydroxylation is 2. The molecule has 2 aromatic rings. The van der Waals surface area contributed by atoms with E-state index in [0.717, 1.165) is 42.6 Å². The third kappa shape index (κ3) is 3.74. The van der Waals surface area contributed by atoms with E-state index in [-0.39, 0.29) is 11.8 Å². The van der Waals surface area contributed by atoms with Crippen molar-refractivity contribution in [2.75, 3.05) is 32.2 Å². The summed E-state index contributed by atoms with van der Waals surface area (Å²) in [5, 5.41) is 0. The van der Waals surface area contributed by atoms with Crippen LogP contribution >= 0.6 is 0 Å². The summed E-state index contributed by atoms with van der Waals surface area (Å²) < 4.78 is 10.7. The van der Waals surface area contributed by atoms with Gasteiger partial charge in [-0.2, -0.15) is 0 Å². The molecule has 32 heavy (non-hydrogen) atoms. The predicted molar refractivity (Wildman–Crippen MR) is 125 cm³/mol. The van der Waals surface area contributed by atoms with Gasteiger partial charge in [-0.15, -0.1) is 0 Å². The molecule has 6 nitrogen and oxygen atoms in total. The van der Waals surface area contributed by atoms with Crippen molar-refractivity contribution in [1.82, 2.24) is 4.90 Å². The van der Waals surface area contributed by atoms with Crippen LogP contribution in [0.4, 0.5) is 5.69 Å². The monoisotopic (exact) mass is 434 g/mol.